The van der Waals surface area contributed by atoms with Gasteiger partial charge in [0.25, 0.3) is 0 Å². The van der Waals surface area contributed by atoms with Crippen LogP contribution in [0.25, 0.3) is 6.08 Å². The Balaban J connectivity index is 2.11. The highest BCUT2D eigenvalue weighted by Crippen LogP contribution is 2.11. The van der Waals surface area contributed by atoms with Crippen LogP contribution in [0.4, 0.5) is 4.39 Å². The van der Waals surface area contributed by atoms with Crippen LogP contribution in [-0.4, -0.2) is 5.78 Å². The zero-order valence-corrected chi connectivity index (χ0v) is 10.2. The molecule has 0 unspecified atom stereocenters. The van der Waals surface area contributed by atoms with Crippen molar-refractivity contribution in [2.75, 3.05) is 0 Å². The van der Waals surface area contributed by atoms with Gasteiger partial charge in [-0.15, -0.1) is 0 Å². The van der Waals surface area contributed by atoms with E-state index in [-0.39, 0.29) is 11.6 Å². The third-order valence-corrected chi connectivity index (χ3v) is 2.68. The lowest BCUT2D eigenvalue weighted by Gasteiger charge is -1.96. The fourth-order valence-electron chi connectivity index (χ4n) is 1.46. The van der Waals surface area contributed by atoms with Crippen molar-refractivity contribution >= 4 is 23.5 Å². The number of benzene rings is 2. The first-order chi connectivity index (χ1) is 8.65. The highest BCUT2D eigenvalue weighted by molar-refractivity contribution is 6.30. The molecule has 18 heavy (non-hydrogen) atoms. The van der Waals surface area contributed by atoms with Gasteiger partial charge in [0, 0.05) is 10.6 Å². The Kier molecular flexibility index (Phi) is 3.90. The fourth-order valence-corrected chi connectivity index (χ4v) is 1.58. The Bertz CT molecular complexity index is 570. The summed E-state index contributed by atoms with van der Waals surface area (Å²) in [4.78, 5) is 11.8. The molecule has 1 nitrogen and oxygen atoms in total. The van der Waals surface area contributed by atoms with E-state index in [1.165, 1.54) is 30.3 Å². The average molecular weight is 261 g/mol. The van der Waals surface area contributed by atoms with E-state index in [0.717, 1.165) is 5.56 Å². The maximum absolute atomic E-state index is 12.7. The molecule has 90 valence electrons. The number of carbonyl (C=O) groups excluding carboxylic acids is 1. The van der Waals surface area contributed by atoms with E-state index < -0.39 is 0 Å². The van der Waals surface area contributed by atoms with Gasteiger partial charge in [0.15, 0.2) is 5.78 Å². The number of ketones is 1. The Morgan fingerprint density at radius 3 is 2.22 bits per heavy atom. The molecule has 2 aromatic rings. The van der Waals surface area contributed by atoms with Crippen molar-refractivity contribution in [1.29, 1.82) is 0 Å². The first-order valence-corrected chi connectivity index (χ1v) is 5.76. The summed E-state index contributed by atoms with van der Waals surface area (Å²) in [5.41, 5.74) is 1.34. The molecule has 0 aliphatic carbocycles. The predicted octanol–water partition coefficient (Wildman–Crippen LogP) is 4.38. The fraction of sp³-hybridized carbons (Fsp3) is 0. The molecule has 2 aromatic carbocycles. The molecule has 0 aromatic heterocycles. The number of allylic oxidation sites excluding steroid dienone is 1. The van der Waals surface area contributed by atoms with Crippen molar-refractivity contribution in [2.24, 2.45) is 0 Å². The molecule has 0 bridgehead atoms. The SMILES string of the molecule is O=C(/C=C\c1ccc(Cl)cc1)c1ccc(F)cc1. The minimum Gasteiger partial charge on any atom is -0.289 e. The maximum Gasteiger partial charge on any atom is 0.185 e. The summed E-state index contributed by atoms with van der Waals surface area (Å²) in [5, 5.41) is 0.650. The molecule has 0 radical (unpaired) electrons. The molecule has 0 spiro atoms. The van der Waals surface area contributed by atoms with E-state index in [1.54, 1.807) is 18.2 Å². The van der Waals surface area contributed by atoms with Gasteiger partial charge in [0.2, 0.25) is 0 Å². The van der Waals surface area contributed by atoms with Gasteiger partial charge in [-0.25, -0.2) is 4.39 Å². The number of hydrogen-bond acceptors (Lipinski definition) is 1. The third-order valence-electron chi connectivity index (χ3n) is 2.43. The summed E-state index contributed by atoms with van der Waals surface area (Å²) >= 11 is 5.76. The lowest BCUT2D eigenvalue weighted by molar-refractivity contribution is 0.104. The van der Waals surface area contributed by atoms with E-state index in [9.17, 15) is 9.18 Å². The molecular formula is C15H10ClFO. The van der Waals surface area contributed by atoms with Crippen molar-refractivity contribution < 1.29 is 9.18 Å². The van der Waals surface area contributed by atoms with E-state index in [4.69, 9.17) is 11.6 Å². The van der Waals surface area contributed by atoms with Crippen molar-refractivity contribution in [2.45, 2.75) is 0 Å². The van der Waals surface area contributed by atoms with Gasteiger partial charge in [-0.1, -0.05) is 29.8 Å². The van der Waals surface area contributed by atoms with Crippen molar-refractivity contribution in [1.82, 2.24) is 0 Å². The summed E-state index contributed by atoms with van der Waals surface area (Å²) in [6.07, 6.45) is 3.15. The molecule has 0 heterocycles. The molecule has 0 amide bonds. The van der Waals surface area contributed by atoms with E-state index >= 15 is 0 Å². The lowest BCUT2D eigenvalue weighted by atomic mass is 10.1. The van der Waals surface area contributed by atoms with Crippen LogP contribution in [0.3, 0.4) is 0 Å². The Hall–Kier alpha value is -1.93. The van der Waals surface area contributed by atoms with Gasteiger partial charge in [-0.05, 0) is 48.0 Å². The first kappa shape index (κ1) is 12.5. The van der Waals surface area contributed by atoms with Crippen LogP contribution in [0.1, 0.15) is 15.9 Å². The predicted molar refractivity (Wildman–Crippen MR) is 71.2 cm³/mol. The zero-order valence-electron chi connectivity index (χ0n) is 9.44. The standard InChI is InChI=1S/C15H10ClFO/c16-13-6-1-11(2-7-13)3-10-15(18)12-4-8-14(17)9-5-12/h1-10H/b10-3-. The average Bonchev–Trinajstić information content (AvgIpc) is 2.38. The topological polar surface area (TPSA) is 17.1 Å². The minimum atomic E-state index is -0.353. The number of rotatable bonds is 3. The molecule has 0 atom stereocenters. The molecular weight excluding hydrogens is 251 g/mol. The second-order valence-corrected chi connectivity index (χ2v) is 4.19. The van der Waals surface area contributed by atoms with Crippen LogP contribution in [0.5, 0.6) is 0 Å². The normalized spacial score (nSPS) is 10.8. The lowest BCUT2D eigenvalue weighted by Crippen LogP contribution is -1.93. The van der Waals surface area contributed by atoms with Crippen LogP contribution in [0.15, 0.2) is 54.6 Å². The van der Waals surface area contributed by atoms with E-state index in [0.29, 0.717) is 10.6 Å². The van der Waals surface area contributed by atoms with Gasteiger partial charge >= 0.3 is 0 Å². The Morgan fingerprint density at radius 1 is 1.00 bits per heavy atom. The Morgan fingerprint density at radius 2 is 1.61 bits per heavy atom. The number of carbonyl (C=O) groups is 1. The summed E-state index contributed by atoms with van der Waals surface area (Å²) < 4.78 is 12.7. The van der Waals surface area contributed by atoms with Gasteiger partial charge in [0.05, 0.1) is 0 Å². The molecule has 2 rings (SSSR count). The smallest absolute Gasteiger partial charge is 0.185 e. The van der Waals surface area contributed by atoms with Gasteiger partial charge in [-0.3, -0.25) is 4.79 Å². The summed E-state index contributed by atoms with van der Waals surface area (Å²) in [5.74, 6) is -0.516. The van der Waals surface area contributed by atoms with Crippen molar-refractivity contribution in [3.63, 3.8) is 0 Å². The van der Waals surface area contributed by atoms with Gasteiger partial charge < -0.3 is 0 Å². The third kappa shape index (κ3) is 3.28. The van der Waals surface area contributed by atoms with Crippen LogP contribution in [0.2, 0.25) is 5.02 Å². The van der Waals surface area contributed by atoms with Crippen LogP contribution in [-0.2, 0) is 0 Å². The maximum atomic E-state index is 12.7. The second kappa shape index (κ2) is 5.61. The molecule has 0 N–H and O–H groups in total. The molecule has 0 aliphatic heterocycles. The summed E-state index contributed by atoms with van der Waals surface area (Å²) in [6.45, 7) is 0. The minimum absolute atomic E-state index is 0.162. The van der Waals surface area contributed by atoms with E-state index in [1.807, 2.05) is 12.1 Å². The van der Waals surface area contributed by atoms with Gasteiger partial charge in [0.1, 0.15) is 5.82 Å². The van der Waals surface area contributed by atoms with Crippen LogP contribution < -0.4 is 0 Å². The van der Waals surface area contributed by atoms with Crippen LogP contribution in [0, 0.1) is 5.82 Å². The summed E-state index contributed by atoms with van der Waals surface area (Å²) in [7, 11) is 0. The Labute approximate surface area is 110 Å². The van der Waals surface area contributed by atoms with Crippen molar-refractivity contribution in [3.05, 3.63) is 76.6 Å². The molecule has 0 saturated carbocycles. The zero-order chi connectivity index (χ0) is 13.0. The largest absolute Gasteiger partial charge is 0.289 e. The van der Waals surface area contributed by atoms with Crippen molar-refractivity contribution in [3.8, 4) is 0 Å². The quantitative estimate of drug-likeness (QED) is 0.591. The molecule has 0 saturated heterocycles. The number of hydrogen-bond donors (Lipinski definition) is 0. The second-order valence-electron chi connectivity index (χ2n) is 3.76. The van der Waals surface area contributed by atoms with E-state index in [2.05, 4.69) is 0 Å². The molecule has 3 heteroatoms. The highest BCUT2D eigenvalue weighted by Gasteiger charge is 2.01. The number of halogens is 2. The molecule has 0 fully saturated rings. The first-order valence-electron chi connectivity index (χ1n) is 5.39. The summed E-state index contributed by atoms with van der Waals surface area (Å²) in [6, 6.07) is 12.6. The van der Waals surface area contributed by atoms with Gasteiger partial charge in [-0.2, -0.15) is 0 Å². The monoisotopic (exact) mass is 260 g/mol. The molecule has 0 aliphatic rings. The highest BCUT2D eigenvalue weighted by atomic mass is 35.5. The van der Waals surface area contributed by atoms with Crippen LogP contribution >= 0.6 is 11.6 Å².